The summed E-state index contributed by atoms with van der Waals surface area (Å²) in [5.41, 5.74) is 19.4. The maximum Gasteiger partial charge on any atom is 0.327 e. The molecule has 11 unspecified atom stereocenters. The van der Waals surface area contributed by atoms with E-state index in [9.17, 15) is 65.9 Å². The predicted molar refractivity (Wildman–Crippen MR) is 385 cm³/mol. The van der Waals surface area contributed by atoms with Gasteiger partial charge in [0.15, 0.2) is 23.1 Å². The number of carbonyl (C=O) groups is 11. The van der Waals surface area contributed by atoms with Crippen LogP contribution in [0.1, 0.15) is 207 Å². The molecule has 7 aromatic rings. The fourth-order valence-electron chi connectivity index (χ4n) is 15.8. The van der Waals surface area contributed by atoms with Crippen molar-refractivity contribution in [2.45, 2.75) is 169 Å². The number of ether oxygens (including phenoxy) is 3. The van der Waals surface area contributed by atoms with Crippen LogP contribution >= 0.6 is 11.6 Å². The Hall–Kier alpha value is -10.2. The van der Waals surface area contributed by atoms with Crippen LogP contribution in [-0.2, 0) is 86.8 Å². The lowest BCUT2D eigenvalue weighted by molar-refractivity contribution is -0.145. The van der Waals surface area contributed by atoms with Crippen LogP contribution in [-0.4, -0.2) is 146 Å². The van der Waals surface area contributed by atoms with Crippen LogP contribution in [0.3, 0.4) is 0 Å². The number of aliphatic carboxylic acids is 1. The summed E-state index contributed by atoms with van der Waals surface area (Å²) in [5.74, 6) is 3.27. The molecule has 578 valence electrons. The van der Waals surface area contributed by atoms with E-state index in [4.69, 9.17) is 37.8 Å². The third-order valence-corrected chi connectivity index (χ3v) is 21.8. The Morgan fingerprint density at radius 2 is 1.14 bits per heavy atom. The molecular weight excluding hydrogens is 1440 g/mol. The smallest absolute Gasteiger partial charge is 0.327 e. The molecular formula is C78H88ClF3N12O15. The molecule has 2 aromatic carbocycles. The number of nitrogens with two attached hydrogens (primary N) is 2. The fraction of sp³-hybridized carbons (Fsp3) is 0.487. The first-order chi connectivity index (χ1) is 51.5. The number of amides is 1. The number of halogens is 4. The summed E-state index contributed by atoms with van der Waals surface area (Å²) < 4.78 is 63.1. The van der Waals surface area contributed by atoms with E-state index in [0.29, 0.717) is 81.7 Å². The van der Waals surface area contributed by atoms with Gasteiger partial charge in [0.25, 0.3) is 5.91 Å². The Labute approximate surface area is 630 Å². The summed E-state index contributed by atoms with van der Waals surface area (Å²) in [4.78, 5) is 132. The number of rotatable bonds is 22. The van der Waals surface area contributed by atoms with Gasteiger partial charge >= 0.3 is 23.9 Å². The van der Waals surface area contributed by atoms with Crippen molar-refractivity contribution in [2.24, 2.45) is 53.0 Å². The first-order valence-electron chi connectivity index (χ1n) is 36.2. The molecule has 6 N–H and O–H groups in total. The SMILES string of the molecule is C.CC(=O)C1CC2CC2C1=O.CCOC(=O)Cn1nc2c(c1C)C(=O)C1CC21.CCOC(=O)Cn1nc2c(c1C)CC1CC21.Cc1c2c(nn1CC(=O)C[C@@H](Cc1cc(F)cc(F)c1)c1ncccc1-c1ccc(F)c(C(N)=O)c1)C1CC1C2=O.Cc1c2c(nn1CC(=O)O)C1CC1C2=O.NNCC(=O)OCCCl. The lowest BCUT2D eigenvalue weighted by atomic mass is 9.86. The van der Waals surface area contributed by atoms with Crippen LogP contribution in [0.15, 0.2) is 54.7 Å². The van der Waals surface area contributed by atoms with E-state index < -0.39 is 41.2 Å². The number of pyridine rings is 1. The third kappa shape index (κ3) is 17.1. The number of ketones is 6. The molecule has 17 rings (SSSR count). The van der Waals surface area contributed by atoms with Gasteiger partial charge < -0.3 is 25.1 Å². The summed E-state index contributed by atoms with van der Waals surface area (Å²) >= 11 is 5.22. The highest BCUT2D eigenvalue weighted by atomic mass is 35.5. The largest absolute Gasteiger partial charge is 0.480 e. The Kier molecular flexibility index (Phi) is 24.1. The van der Waals surface area contributed by atoms with Crippen molar-refractivity contribution in [2.75, 3.05) is 32.2 Å². The van der Waals surface area contributed by atoms with E-state index >= 15 is 0 Å². The zero-order chi connectivity index (χ0) is 77.6. The Morgan fingerprint density at radius 1 is 0.624 bits per heavy atom. The maximum atomic E-state index is 14.2. The number of nitrogens with zero attached hydrogens (tertiary/aromatic N) is 9. The number of alkyl halides is 1. The number of carbonyl (C=O) groups excluding carboxylic acids is 10. The first kappa shape index (κ1) is 79.8. The average molecular weight is 1530 g/mol. The number of benzene rings is 2. The number of Topliss-reactive ketones (excluding diaryl/α,β-unsaturated/α-hetero) is 6. The minimum absolute atomic E-state index is 0. The fourth-order valence-corrected chi connectivity index (χ4v) is 15.9. The molecule has 31 heteroatoms. The molecule has 10 aliphatic carbocycles. The van der Waals surface area contributed by atoms with Gasteiger partial charge in [0.2, 0.25) is 0 Å². The highest BCUT2D eigenvalue weighted by molar-refractivity contribution is 6.18. The number of hydrogen-bond acceptors (Lipinski definition) is 21. The van der Waals surface area contributed by atoms with Crippen molar-refractivity contribution in [1.82, 2.24) is 49.5 Å². The van der Waals surface area contributed by atoms with E-state index in [0.717, 1.165) is 90.6 Å². The van der Waals surface area contributed by atoms with Crippen molar-refractivity contribution < 1.29 is 85.2 Å². The minimum Gasteiger partial charge on any atom is -0.480 e. The molecule has 5 heterocycles. The van der Waals surface area contributed by atoms with Gasteiger partial charge in [-0.05, 0) is 159 Å². The lowest BCUT2D eigenvalue weighted by Crippen LogP contribution is -2.30. The summed E-state index contributed by atoms with van der Waals surface area (Å²) in [5, 5.41) is 26.4. The zero-order valence-electron chi connectivity index (χ0n) is 60.7. The summed E-state index contributed by atoms with van der Waals surface area (Å²) in [6.07, 6.45) is 8.53. The standard InChI is InChI=1S/C31H25F3N4O3.C12H14N2O3.C12H16N2O2.C10H10N2O3.C8H10O2.C4H9ClN2O2.CH4/c1-15-27-29(23-13-24(23)30(27)40)37-38(15)14-21(39)10-18(7-16-8-19(32)12-20(33)9-16)28-22(3-2-6-36-28)17-4-5-26(34)25(11-17)31(35)41;1-3-17-9(15)5-14-6(2)10-11(13-14)7-4-8(7)12(10)16;1-3-16-11(15)6-14-7(2)9-4-8-5-10(8)12(9)13-14;1-4-8-9(5-2-6(5)10(8)15)11-12(4)3-7(13)14;1-4(9)6-2-5-3-7(5)8(6)10;5-1-2-9-4(8)3-7-6;/h2-6,8-9,11-12,18,23-24H,7,10,13-14H2,1H3,(H2,35,41);7-8H,3-5H2,1-2H3;8,10H,3-6H2,1-2H3;5-6H,2-3H2,1H3,(H,13,14);5-7H,2-3H2,1H3;7H,1-3,6H2;1H4/t18-,23?,24?;;;;;;/m1....../s1. The van der Waals surface area contributed by atoms with Crippen LogP contribution in [0, 0.1) is 86.6 Å². The van der Waals surface area contributed by atoms with E-state index in [1.165, 1.54) is 59.7 Å². The second-order valence-electron chi connectivity index (χ2n) is 29.0. The summed E-state index contributed by atoms with van der Waals surface area (Å²) in [7, 11) is 0. The molecule has 10 aliphatic rings. The normalized spacial score (nSPS) is 22.5. The third-order valence-electron chi connectivity index (χ3n) is 21.7. The van der Waals surface area contributed by atoms with Crippen LogP contribution in [0.2, 0.25) is 0 Å². The Balaban J connectivity index is 0.000000144. The van der Waals surface area contributed by atoms with Gasteiger partial charge in [-0.25, -0.2) is 18.6 Å². The number of nitrogens with one attached hydrogen (secondary N) is 1. The van der Waals surface area contributed by atoms with E-state index in [2.05, 4.69) is 42.5 Å². The number of hydrogen-bond donors (Lipinski definition) is 4. The molecule has 0 saturated heterocycles. The van der Waals surface area contributed by atoms with Gasteiger partial charge in [0.1, 0.15) is 61.8 Å². The van der Waals surface area contributed by atoms with Crippen LogP contribution < -0.4 is 17.0 Å². The molecule has 0 aliphatic heterocycles. The van der Waals surface area contributed by atoms with E-state index in [1.807, 2.05) is 13.8 Å². The van der Waals surface area contributed by atoms with Crippen molar-refractivity contribution in [3.63, 3.8) is 0 Å². The van der Waals surface area contributed by atoms with Gasteiger partial charge in [0, 0.05) is 100 Å². The second kappa shape index (κ2) is 32.9. The molecule has 6 fully saturated rings. The van der Waals surface area contributed by atoms with Crippen molar-refractivity contribution >= 4 is 76.1 Å². The number of aromatic nitrogens is 9. The average Bonchev–Trinajstić information content (AvgIpc) is 1.57. The Bertz CT molecular complexity index is 4810. The number of carboxylic acid groups (broad SMARTS) is 1. The lowest BCUT2D eigenvalue weighted by Gasteiger charge is -2.20. The Morgan fingerprint density at radius 3 is 1.60 bits per heavy atom. The molecule has 109 heavy (non-hydrogen) atoms. The van der Waals surface area contributed by atoms with Crippen LogP contribution in [0.5, 0.6) is 0 Å². The zero-order valence-corrected chi connectivity index (χ0v) is 61.5. The molecule has 0 radical (unpaired) electrons. The van der Waals surface area contributed by atoms with E-state index in [-0.39, 0.29) is 153 Å². The molecule has 1 amide bonds. The first-order valence-corrected chi connectivity index (χ1v) is 36.7. The van der Waals surface area contributed by atoms with Crippen LogP contribution in [0.4, 0.5) is 13.2 Å². The van der Waals surface area contributed by atoms with Gasteiger partial charge in [-0.2, -0.15) is 20.4 Å². The number of primary amides is 1. The molecule has 27 nitrogen and oxygen atoms in total. The van der Waals surface area contributed by atoms with Crippen molar-refractivity contribution in [3.8, 4) is 11.1 Å². The second-order valence-corrected chi connectivity index (χ2v) is 29.4. The monoisotopic (exact) mass is 1520 g/mol. The molecule has 0 spiro atoms. The maximum absolute atomic E-state index is 14.2. The summed E-state index contributed by atoms with van der Waals surface area (Å²) in [6, 6.07) is 10.5. The highest BCUT2D eigenvalue weighted by Crippen LogP contribution is 2.59. The molecule has 0 bridgehead atoms. The predicted octanol–water partition coefficient (Wildman–Crippen LogP) is 8.77. The van der Waals surface area contributed by atoms with Crippen molar-refractivity contribution in [3.05, 3.63) is 157 Å². The van der Waals surface area contributed by atoms with Gasteiger partial charge in [-0.1, -0.05) is 19.6 Å². The van der Waals surface area contributed by atoms with Gasteiger partial charge in [-0.15, -0.1) is 11.6 Å². The minimum atomic E-state index is -0.936. The number of esters is 3. The quantitative estimate of drug-likeness (QED) is 0.0123. The summed E-state index contributed by atoms with van der Waals surface area (Å²) in [6.45, 7) is 13.7. The number of carboxylic acids is 1. The van der Waals surface area contributed by atoms with Gasteiger partial charge in [-0.3, -0.25) is 82.3 Å². The molecule has 12 atom stereocenters. The topological polar surface area (TPSA) is 384 Å². The van der Waals surface area contributed by atoms with Gasteiger partial charge in [0.05, 0.1) is 82.3 Å². The molecule has 6 saturated carbocycles. The molecule has 5 aromatic heterocycles. The number of hydrazine groups is 1. The van der Waals surface area contributed by atoms with Crippen molar-refractivity contribution in [1.29, 1.82) is 0 Å². The van der Waals surface area contributed by atoms with Crippen LogP contribution in [0.25, 0.3) is 11.1 Å². The van der Waals surface area contributed by atoms with E-state index in [1.54, 1.807) is 46.9 Å². The highest BCUT2D eigenvalue weighted by Gasteiger charge is 2.58. The number of fused-ring (bicyclic) bond motifs is 13.